The highest BCUT2D eigenvalue weighted by Gasteiger charge is 2.11. The SMILES string of the molecule is Nc1ccc(CCCCNC2CCCCC2)cc1. The number of hydrogen-bond acceptors (Lipinski definition) is 2. The van der Waals surface area contributed by atoms with Crippen molar-refractivity contribution in [2.75, 3.05) is 12.3 Å². The molecule has 2 nitrogen and oxygen atoms in total. The molecule has 3 N–H and O–H groups in total. The molecule has 0 saturated heterocycles. The summed E-state index contributed by atoms with van der Waals surface area (Å²) >= 11 is 0. The lowest BCUT2D eigenvalue weighted by atomic mass is 9.95. The molecule has 0 spiro atoms. The van der Waals surface area contributed by atoms with E-state index in [9.17, 15) is 0 Å². The van der Waals surface area contributed by atoms with Gasteiger partial charge in [-0.25, -0.2) is 0 Å². The Labute approximate surface area is 111 Å². The molecule has 0 heterocycles. The summed E-state index contributed by atoms with van der Waals surface area (Å²) in [7, 11) is 0. The summed E-state index contributed by atoms with van der Waals surface area (Å²) in [6.07, 6.45) is 10.8. The van der Waals surface area contributed by atoms with Gasteiger partial charge in [0.2, 0.25) is 0 Å². The molecular formula is C16H26N2. The van der Waals surface area contributed by atoms with Crippen molar-refractivity contribution >= 4 is 5.69 Å². The maximum Gasteiger partial charge on any atom is 0.0314 e. The number of nitrogen functional groups attached to an aromatic ring is 1. The summed E-state index contributed by atoms with van der Waals surface area (Å²) in [5.74, 6) is 0. The number of rotatable bonds is 6. The van der Waals surface area contributed by atoms with E-state index >= 15 is 0 Å². The quantitative estimate of drug-likeness (QED) is 0.595. The van der Waals surface area contributed by atoms with Crippen LogP contribution in [0.3, 0.4) is 0 Å². The van der Waals surface area contributed by atoms with Crippen LogP contribution in [0, 0.1) is 0 Å². The molecule has 1 fully saturated rings. The van der Waals surface area contributed by atoms with Crippen molar-refractivity contribution in [3.63, 3.8) is 0 Å². The molecule has 1 aliphatic carbocycles. The number of hydrogen-bond donors (Lipinski definition) is 2. The molecule has 2 heteroatoms. The van der Waals surface area contributed by atoms with E-state index in [1.54, 1.807) is 0 Å². The van der Waals surface area contributed by atoms with E-state index in [4.69, 9.17) is 5.73 Å². The van der Waals surface area contributed by atoms with Crippen molar-refractivity contribution in [3.05, 3.63) is 29.8 Å². The van der Waals surface area contributed by atoms with Crippen LogP contribution in [0.5, 0.6) is 0 Å². The maximum atomic E-state index is 5.68. The van der Waals surface area contributed by atoms with Gasteiger partial charge in [0.15, 0.2) is 0 Å². The topological polar surface area (TPSA) is 38.0 Å². The molecule has 0 radical (unpaired) electrons. The maximum absolute atomic E-state index is 5.68. The van der Waals surface area contributed by atoms with Crippen LogP contribution in [0.1, 0.15) is 50.5 Å². The Balaban J connectivity index is 1.54. The van der Waals surface area contributed by atoms with Gasteiger partial charge in [0.1, 0.15) is 0 Å². The zero-order valence-electron chi connectivity index (χ0n) is 11.3. The second-order valence-corrected chi connectivity index (χ2v) is 5.49. The van der Waals surface area contributed by atoms with Crippen LogP contribution >= 0.6 is 0 Å². The third-order valence-corrected chi connectivity index (χ3v) is 3.91. The summed E-state index contributed by atoms with van der Waals surface area (Å²) in [5.41, 5.74) is 7.94. The second-order valence-electron chi connectivity index (χ2n) is 5.49. The van der Waals surface area contributed by atoms with E-state index in [0.717, 1.165) is 11.7 Å². The number of anilines is 1. The monoisotopic (exact) mass is 246 g/mol. The molecule has 18 heavy (non-hydrogen) atoms. The summed E-state index contributed by atoms with van der Waals surface area (Å²) in [6, 6.07) is 9.08. The molecule has 1 aromatic rings. The van der Waals surface area contributed by atoms with E-state index in [1.165, 1.54) is 63.5 Å². The van der Waals surface area contributed by atoms with Gasteiger partial charge in [-0.15, -0.1) is 0 Å². The van der Waals surface area contributed by atoms with Gasteiger partial charge in [-0.2, -0.15) is 0 Å². The molecule has 0 unspecified atom stereocenters. The fourth-order valence-electron chi connectivity index (χ4n) is 2.75. The van der Waals surface area contributed by atoms with Crippen LogP contribution in [-0.2, 0) is 6.42 Å². The first-order valence-electron chi connectivity index (χ1n) is 7.42. The summed E-state index contributed by atoms with van der Waals surface area (Å²) in [5, 5.41) is 3.70. The fraction of sp³-hybridized carbons (Fsp3) is 0.625. The largest absolute Gasteiger partial charge is 0.399 e. The number of nitrogens with two attached hydrogens (primary N) is 1. The van der Waals surface area contributed by atoms with Crippen LogP contribution in [0.15, 0.2) is 24.3 Å². The van der Waals surface area contributed by atoms with Crippen molar-refractivity contribution < 1.29 is 0 Å². The van der Waals surface area contributed by atoms with Gasteiger partial charge in [-0.3, -0.25) is 0 Å². The predicted octanol–water partition coefficient (Wildman–Crippen LogP) is 3.51. The Morgan fingerprint density at radius 1 is 1.00 bits per heavy atom. The van der Waals surface area contributed by atoms with Crippen molar-refractivity contribution in [2.45, 2.75) is 57.4 Å². The molecule has 1 aliphatic rings. The van der Waals surface area contributed by atoms with Gasteiger partial charge >= 0.3 is 0 Å². The number of unbranched alkanes of at least 4 members (excludes halogenated alkanes) is 1. The minimum atomic E-state index is 0.801. The molecule has 1 saturated carbocycles. The highest BCUT2D eigenvalue weighted by molar-refractivity contribution is 5.39. The number of nitrogens with one attached hydrogen (secondary N) is 1. The zero-order valence-corrected chi connectivity index (χ0v) is 11.3. The lowest BCUT2D eigenvalue weighted by Gasteiger charge is -2.22. The van der Waals surface area contributed by atoms with Gasteiger partial charge in [0.05, 0.1) is 0 Å². The molecule has 1 aromatic carbocycles. The van der Waals surface area contributed by atoms with Crippen LogP contribution in [0.25, 0.3) is 0 Å². The molecule has 0 aliphatic heterocycles. The first-order valence-corrected chi connectivity index (χ1v) is 7.42. The smallest absolute Gasteiger partial charge is 0.0314 e. The van der Waals surface area contributed by atoms with E-state index in [-0.39, 0.29) is 0 Å². The third kappa shape index (κ3) is 4.69. The Morgan fingerprint density at radius 3 is 2.44 bits per heavy atom. The minimum absolute atomic E-state index is 0.801. The normalized spacial score (nSPS) is 16.9. The number of benzene rings is 1. The average molecular weight is 246 g/mol. The molecule has 0 atom stereocenters. The van der Waals surface area contributed by atoms with Crippen molar-refractivity contribution in [1.29, 1.82) is 0 Å². The lowest BCUT2D eigenvalue weighted by molar-refractivity contribution is 0.371. The van der Waals surface area contributed by atoms with Crippen LogP contribution in [0.4, 0.5) is 5.69 Å². The van der Waals surface area contributed by atoms with Crippen LogP contribution < -0.4 is 11.1 Å². The minimum Gasteiger partial charge on any atom is -0.399 e. The molecular weight excluding hydrogens is 220 g/mol. The van der Waals surface area contributed by atoms with Gasteiger partial charge in [0.25, 0.3) is 0 Å². The van der Waals surface area contributed by atoms with Crippen LogP contribution in [0.2, 0.25) is 0 Å². The molecule has 100 valence electrons. The summed E-state index contributed by atoms with van der Waals surface area (Å²) in [4.78, 5) is 0. The first-order chi connectivity index (χ1) is 8.84. The Kier molecular flexibility index (Phi) is 5.53. The highest BCUT2D eigenvalue weighted by atomic mass is 14.9. The fourth-order valence-corrected chi connectivity index (χ4v) is 2.75. The van der Waals surface area contributed by atoms with E-state index in [2.05, 4.69) is 17.4 Å². The van der Waals surface area contributed by atoms with Gasteiger partial charge in [-0.05, 0) is 56.3 Å². The molecule has 0 amide bonds. The second kappa shape index (κ2) is 7.42. The highest BCUT2D eigenvalue weighted by Crippen LogP contribution is 2.17. The van der Waals surface area contributed by atoms with Crippen molar-refractivity contribution in [3.8, 4) is 0 Å². The van der Waals surface area contributed by atoms with Crippen molar-refractivity contribution in [2.24, 2.45) is 0 Å². The van der Waals surface area contributed by atoms with Crippen LogP contribution in [-0.4, -0.2) is 12.6 Å². The van der Waals surface area contributed by atoms with E-state index < -0.39 is 0 Å². The molecule has 2 rings (SSSR count). The standard InChI is InChI=1S/C16H26N2/c17-15-11-9-14(10-12-15)6-4-5-13-18-16-7-2-1-3-8-16/h9-12,16,18H,1-8,13,17H2. The Morgan fingerprint density at radius 2 is 1.72 bits per heavy atom. The summed E-state index contributed by atoms with van der Waals surface area (Å²) in [6.45, 7) is 1.18. The summed E-state index contributed by atoms with van der Waals surface area (Å²) < 4.78 is 0. The molecule has 0 bridgehead atoms. The van der Waals surface area contributed by atoms with E-state index in [0.29, 0.717) is 0 Å². The van der Waals surface area contributed by atoms with Gasteiger partial charge < -0.3 is 11.1 Å². The lowest BCUT2D eigenvalue weighted by Crippen LogP contribution is -2.31. The first kappa shape index (κ1) is 13.4. The average Bonchev–Trinajstić information content (AvgIpc) is 2.42. The zero-order chi connectivity index (χ0) is 12.6. The van der Waals surface area contributed by atoms with Gasteiger partial charge in [0, 0.05) is 11.7 Å². The Bertz CT molecular complexity index is 325. The molecule has 0 aromatic heterocycles. The van der Waals surface area contributed by atoms with Gasteiger partial charge in [-0.1, -0.05) is 31.4 Å². The van der Waals surface area contributed by atoms with Crippen molar-refractivity contribution in [1.82, 2.24) is 5.32 Å². The predicted molar refractivity (Wildman–Crippen MR) is 78.7 cm³/mol. The number of aryl methyl sites for hydroxylation is 1. The Hall–Kier alpha value is -1.02. The van der Waals surface area contributed by atoms with E-state index in [1.807, 2.05) is 12.1 Å². The third-order valence-electron chi connectivity index (χ3n) is 3.91.